The molecule has 0 radical (unpaired) electrons. The molecule has 3 nitrogen and oxygen atoms in total. The van der Waals surface area contributed by atoms with Gasteiger partial charge in [0.15, 0.2) is 0 Å². The van der Waals surface area contributed by atoms with E-state index in [2.05, 4.69) is 31.8 Å². The van der Waals surface area contributed by atoms with Crippen molar-refractivity contribution in [3.63, 3.8) is 0 Å². The van der Waals surface area contributed by atoms with Crippen molar-refractivity contribution in [2.45, 2.75) is 37.8 Å². The summed E-state index contributed by atoms with van der Waals surface area (Å²) in [5.41, 5.74) is 1.19. The Morgan fingerprint density at radius 2 is 1.71 bits per heavy atom. The highest BCUT2D eigenvalue weighted by Crippen LogP contribution is 2.76. The standard InChI is InChI=1S/C12H19O3PSi/c1-12(17(2,3)4,16(13)14-15-16)10-11-8-6-5-7-9-11/h5-9H,10H2,1-4H3. The third-order valence-corrected chi connectivity index (χ3v) is 11.9. The Morgan fingerprint density at radius 1 is 1.18 bits per heavy atom. The van der Waals surface area contributed by atoms with E-state index < -0.39 is 15.7 Å². The van der Waals surface area contributed by atoms with Gasteiger partial charge in [-0.05, 0) is 12.0 Å². The van der Waals surface area contributed by atoms with Gasteiger partial charge < -0.3 is 0 Å². The molecule has 0 amide bonds. The van der Waals surface area contributed by atoms with E-state index in [9.17, 15) is 4.57 Å². The molecule has 0 bridgehead atoms. The molecule has 1 aromatic carbocycles. The highest BCUT2D eigenvalue weighted by molar-refractivity contribution is 7.63. The van der Waals surface area contributed by atoms with Crippen LogP contribution in [0.15, 0.2) is 30.3 Å². The molecular weight excluding hydrogens is 251 g/mol. The van der Waals surface area contributed by atoms with Crippen molar-refractivity contribution in [3.8, 4) is 0 Å². The van der Waals surface area contributed by atoms with Crippen molar-refractivity contribution in [1.82, 2.24) is 0 Å². The minimum Gasteiger partial charge on any atom is -0.255 e. The van der Waals surface area contributed by atoms with Gasteiger partial charge >= 0.3 is 7.60 Å². The molecule has 17 heavy (non-hydrogen) atoms. The zero-order valence-electron chi connectivity index (χ0n) is 10.8. The van der Waals surface area contributed by atoms with E-state index in [4.69, 9.17) is 9.35 Å². The van der Waals surface area contributed by atoms with Gasteiger partial charge in [0.2, 0.25) is 0 Å². The summed E-state index contributed by atoms with van der Waals surface area (Å²) in [6, 6.07) is 10.1. The van der Waals surface area contributed by atoms with E-state index >= 15 is 0 Å². The van der Waals surface area contributed by atoms with Crippen LogP contribution in [0, 0.1) is 0 Å². The predicted molar refractivity (Wildman–Crippen MR) is 71.7 cm³/mol. The third-order valence-electron chi connectivity index (χ3n) is 3.82. The summed E-state index contributed by atoms with van der Waals surface area (Å²) < 4.78 is 21.7. The van der Waals surface area contributed by atoms with Crippen LogP contribution in [-0.2, 0) is 20.3 Å². The zero-order chi connectivity index (χ0) is 12.7. The van der Waals surface area contributed by atoms with Crippen molar-refractivity contribution in [2.24, 2.45) is 0 Å². The van der Waals surface area contributed by atoms with Gasteiger partial charge in [0.1, 0.15) is 0 Å². The number of hydrogen-bond donors (Lipinski definition) is 0. The molecule has 94 valence electrons. The molecule has 0 aliphatic carbocycles. The second-order valence-electron chi connectivity index (χ2n) is 5.83. The van der Waals surface area contributed by atoms with E-state index in [-0.39, 0.29) is 4.78 Å². The van der Waals surface area contributed by atoms with Crippen LogP contribution in [-0.4, -0.2) is 12.9 Å². The molecule has 1 atom stereocenters. The van der Waals surface area contributed by atoms with Gasteiger partial charge in [-0.2, -0.15) is 0 Å². The van der Waals surface area contributed by atoms with Crippen LogP contribution in [0.4, 0.5) is 0 Å². The van der Waals surface area contributed by atoms with Gasteiger partial charge in [-0.15, -0.1) is 9.35 Å². The molecule has 0 aromatic heterocycles. The molecule has 1 saturated heterocycles. The molecule has 1 fully saturated rings. The summed E-state index contributed by atoms with van der Waals surface area (Å²) in [5.74, 6) is 0. The lowest BCUT2D eigenvalue weighted by Gasteiger charge is -2.36. The van der Waals surface area contributed by atoms with E-state index in [0.29, 0.717) is 0 Å². The molecule has 2 rings (SSSR count). The molecule has 1 heterocycles. The summed E-state index contributed by atoms with van der Waals surface area (Å²) in [4.78, 5) is 0. The zero-order valence-corrected chi connectivity index (χ0v) is 12.7. The molecule has 1 aromatic rings. The molecule has 0 saturated carbocycles. The lowest BCUT2D eigenvalue weighted by molar-refractivity contribution is 0.0850. The van der Waals surface area contributed by atoms with E-state index in [1.54, 1.807) is 0 Å². The van der Waals surface area contributed by atoms with Gasteiger partial charge in [0.25, 0.3) is 0 Å². The second kappa shape index (κ2) is 4.06. The maximum atomic E-state index is 12.4. The average molecular weight is 270 g/mol. The summed E-state index contributed by atoms with van der Waals surface area (Å²) in [7, 11) is -4.54. The van der Waals surface area contributed by atoms with Crippen LogP contribution in [0.5, 0.6) is 0 Å². The van der Waals surface area contributed by atoms with Crippen molar-refractivity contribution < 1.29 is 13.9 Å². The largest absolute Gasteiger partial charge is 0.388 e. The van der Waals surface area contributed by atoms with Crippen molar-refractivity contribution in [3.05, 3.63) is 35.9 Å². The van der Waals surface area contributed by atoms with Gasteiger partial charge in [0, 0.05) is 0 Å². The Balaban J connectivity index is 2.33. The minimum atomic E-state index is -2.86. The summed E-state index contributed by atoms with van der Waals surface area (Å²) in [5, 5.41) is 0. The molecule has 5 heteroatoms. The van der Waals surface area contributed by atoms with Gasteiger partial charge in [0.05, 0.1) is 12.9 Å². The average Bonchev–Trinajstić information content (AvgIpc) is 2.98. The summed E-state index contributed by atoms with van der Waals surface area (Å²) >= 11 is 0. The second-order valence-corrected chi connectivity index (χ2v) is 14.1. The SMILES string of the molecule is CC(Cc1ccccc1)([Si](C)(C)C)P1(=O)OO1. The Kier molecular flexibility index (Phi) is 3.11. The molecule has 0 spiro atoms. The molecular formula is C12H19O3PSi. The fraction of sp³-hybridized carbons (Fsp3) is 0.500. The number of rotatable bonds is 4. The topological polar surface area (TPSA) is 42.1 Å². The first kappa shape index (κ1) is 13.0. The van der Waals surface area contributed by atoms with Crippen molar-refractivity contribution >= 4 is 15.7 Å². The lowest BCUT2D eigenvalue weighted by atomic mass is 10.1. The third kappa shape index (κ3) is 2.27. The highest BCUT2D eigenvalue weighted by atomic mass is 31.2. The van der Waals surface area contributed by atoms with Crippen molar-refractivity contribution in [1.29, 1.82) is 0 Å². The van der Waals surface area contributed by atoms with Crippen molar-refractivity contribution in [2.75, 3.05) is 0 Å². The first-order valence-electron chi connectivity index (χ1n) is 5.81. The molecule has 1 aliphatic heterocycles. The van der Waals surface area contributed by atoms with E-state index in [1.165, 1.54) is 5.56 Å². The highest BCUT2D eigenvalue weighted by Gasteiger charge is 2.64. The lowest BCUT2D eigenvalue weighted by Crippen LogP contribution is -2.49. The van der Waals surface area contributed by atoms with Gasteiger partial charge in [-0.25, -0.2) is 0 Å². The molecule has 1 aliphatic rings. The summed E-state index contributed by atoms with van der Waals surface area (Å²) in [6.07, 6.45) is 0.751. The van der Waals surface area contributed by atoms with Crippen LogP contribution in [0.1, 0.15) is 12.5 Å². The van der Waals surface area contributed by atoms with Crippen LogP contribution in [0.2, 0.25) is 19.6 Å². The minimum absolute atomic E-state index is 0.360. The number of benzene rings is 1. The first-order valence-corrected chi connectivity index (χ1v) is 10.8. The van der Waals surface area contributed by atoms with Crippen LogP contribution >= 0.6 is 7.60 Å². The quantitative estimate of drug-likeness (QED) is 0.359. The monoisotopic (exact) mass is 270 g/mol. The maximum absolute atomic E-state index is 12.4. The fourth-order valence-electron chi connectivity index (χ4n) is 1.96. The summed E-state index contributed by atoms with van der Waals surface area (Å²) in [6.45, 7) is 8.67. The Bertz CT molecular complexity index is 447. The fourth-order valence-corrected chi connectivity index (χ4v) is 7.15. The van der Waals surface area contributed by atoms with Crippen LogP contribution in [0.25, 0.3) is 0 Å². The Labute approximate surface area is 104 Å². The predicted octanol–water partition coefficient (Wildman–Crippen LogP) is 4.02. The van der Waals surface area contributed by atoms with E-state index in [1.807, 2.05) is 25.1 Å². The maximum Gasteiger partial charge on any atom is 0.388 e. The normalized spacial score (nSPS) is 21.9. The first-order chi connectivity index (χ1) is 7.79. The van der Waals surface area contributed by atoms with E-state index in [0.717, 1.165) is 6.42 Å². The van der Waals surface area contributed by atoms with Crippen LogP contribution < -0.4 is 0 Å². The van der Waals surface area contributed by atoms with Gasteiger partial charge in [-0.3, -0.25) is 4.57 Å². The Hall–Kier alpha value is -0.413. The molecule has 0 N–H and O–H groups in total. The molecule has 1 unspecified atom stereocenters. The number of hydrogen-bond acceptors (Lipinski definition) is 3. The van der Waals surface area contributed by atoms with Gasteiger partial charge in [-0.1, -0.05) is 56.9 Å². The smallest absolute Gasteiger partial charge is 0.255 e. The van der Waals surface area contributed by atoms with Crippen LogP contribution in [0.3, 0.4) is 0 Å². The Morgan fingerprint density at radius 3 is 2.12 bits per heavy atom.